The van der Waals surface area contributed by atoms with Gasteiger partial charge < -0.3 is 21.5 Å². The number of quaternary nitrogens is 1. The van der Waals surface area contributed by atoms with E-state index < -0.39 is 0 Å². The van der Waals surface area contributed by atoms with Gasteiger partial charge in [-0.2, -0.15) is 0 Å². The molecule has 0 amide bonds. The Morgan fingerprint density at radius 2 is 1.10 bits per heavy atom. The molecule has 0 radical (unpaired) electrons. The third kappa shape index (κ3) is 10.3. The minimum absolute atomic E-state index is 0. The molecule has 0 saturated carbocycles. The first-order valence-corrected chi connectivity index (χ1v) is 12.0. The van der Waals surface area contributed by atoms with E-state index in [4.69, 9.17) is 0 Å². The Bertz CT molecular complexity index is 638. The first-order valence-electron chi connectivity index (χ1n) is 12.0. The van der Waals surface area contributed by atoms with Crippen molar-refractivity contribution in [2.24, 2.45) is 0 Å². The molecule has 0 heterocycles. The monoisotopic (exact) mass is 473 g/mol. The number of likely N-dealkylation sites (N-methyl/N-ethyl adjacent to an activating group) is 1. The van der Waals surface area contributed by atoms with Crippen LogP contribution in [0.3, 0.4) is 0 Å². The standard InChI is InChI=1S/C28H44N.BrH/c1-4-5-6-7-8-9-10-11-12-19-24-29(2,3)28(27-22-17-14-18-23-27)25-26-20-15-13-16-21-26;/h13-18,20-23,28H,4-12,19,24-25H2,1-3H3;1H/q+1;/p-1. The molecule has 30 heavy (non-hydrogen) atoms. The van der Waals surface area contributed by atoms with Gasteiger partial charge in [0.1, 0.15) is 6.04 Å². The maximum atomic E-state index is 2.42. The fraction of sp³-hybridized carbons (Fsp3) is 0.571. The molecule has 0 aromatic heterocycles. The minimum Gasteiger partial charge on any atom is -1.00 e. The smallest absolute Gasteiger partial charge is 0.118 e. The van der Waals surface area contributed by atoms with Crippen LogP contribution in [0, 0.1) is 0 Å². The van der Waals surface area contributed by atoms with E-state index >= 15 is 0 Å². The number of hydrogen-bond acceptors (Lipinski definition) is 0. The van der Waals surface area contributed by atoms with E-state index in [1.165, 1.54) is 81.9 Å². The van der Waals surface area contributed by atoms with Gasteiger partial charge >= 0.3 is 0 Å². The van der Waals surface area contributed by atoms with E-state index in [1.54, 1.807) is 0 Å². The van der Waals surface area contributed by atoms with Gasteiger partial charge in [-0.05, 0) is 18.4 Å². The van der Waals surface area contributed by atoms with Crippen molar-refractivity contribution in [3.63, 3.8) is 0 Å². The molecule has 0 saturated heterocycles. The summed E-state index contributed by atoms with van der Waals surface area (Å²) in [4.78, 5) is 0. The Morgan fingerprint density at radius 1 is 0.633 bits per heavy atom. The van der Waals surface area contributed by atoms with Crippen LogP contribution >= 0.6 is 0 Å². The van der Waals surface area contributed by atoms with Crippen LogP contribution in [0.15, 0.2) is 60.7 Å². The predicted molar refractivity (Wildman–Crippen MR) is 128 cm³/mol. The predicted octanol–water partition coefficient (Wildman–Crippen LogP) is 4.97. The van der Waals surface area contributed by atoms with Crippen LogP contribution in [0.1, 0.15) is 88.3 Å². The second-order valence-corrected chi connectivity index (χ2v) is 9.30. The molecular weight excluding hydrogens is 430 g/mol. The number of nitrogens with zero attached hydrogens (tertiary/aromatic N) is 1. The molecule has 2 rings (SSSR count). The molecule has 0 aliphatic heterocycles. The van der Waals surface area contributed by atoms with E-state index in [-0.39, 0.29) is 17.0 Å². The highest BCUT2D eigenvalue weighted by atomic mass is 79.9. The highest BCUT2D eigenvalue weighted by Gasteiger charge is 2.29. The van der Waals surface area contributed by atoms with Gasteiger partial charge in [-0.1, -0.05) is 119 Å². The van der Waals surface area contributed by atoms with Crippen LogP contribution in [-0.2, 0) is 6.42 Å². The number of hydrogen-bond donors (Lipinski definition) is 0. The van der Waals surface area contributed by atoms with Gasteiger partial charge in [-0.15, -0.1) is 0 Å². The van der Waals surface area contributed by atoms with Crippen molar-refractivity contribution < 1.29 is 21.5 Å². The van der Waals surface area contributed by atoms with Crippen molar-refractivity contribution >= 4 is 0 Å². The third-order valence-electron chi connectivity index (χ3n) is 6.39. The summed E-state index contributed by atoms with van der Waals surface area (Å²) >= 11 is 0. The van der Waals surface area contributed by atoms with Crippen LogP contribution < -0.4 is 17.0 Å². The zero-order chi connectivity index (χ0) is 20.8. The molecule has 0 aliphatic rings. The van der Waals surface area contributed by atoms with Gasteiger partial charge in [0.2, 0.25) is 0 Å². The van der Waals surface area contributed by atoms with Crippen molar-refractivity contribution in [2.45, 2.75) is 83.6 Å². The highest BCUT2D eigenvalue weighted by Crippen LogP contribution is 2.29. The third-order valence-corrected chi connectivity index (χ3v) is 6.39. The summed E-state index contributed by atoms with van der Waals surface area (Å²) < 4.78 is 1.07. The molecular formula is C28H44BrN. The van der Waals surface area contributed by atoms with Gasteiger partial charge in [-0.25, -0.2) is 0 Å². The molecule has 2 heteroatoms. The number of unbranched alkanes of at least 4 members (excludes halogenated alkanes) is 9. The lowest BCUT2D eigenvalue weighted by Gasteiger charge is -2.39. The summed E-state index contributed by atoms with van der Waals surface area (Å²) in [5, 5.41) is 0. The summed E-state index contributed by atoms with van der Waals surface area (Å²) in [6.07, 6.45) is 15.2. The first-order chi connectivity index (χ1) is 14.1. The van der Waals surface area contributed by atoms with E-state index in [0.717, 1.165) is 10.9 Å². The summed E-state index contributed by atoms with van der Waals surface area (Å²) in [5.41, 5.74) is 2.91. The van der Waals surface area contributed by atoms with Gasteiger partial charge in [0, 0.05) is 12.0 Å². The SMILES string of the molecule is CCCCCCCCCCCC[N+](C)(C)C(Cc1ccccc1)c1ccccc1.[Br-]. The summed E-state index contributed by atoms with van der Waals surface area (Å²) in [6, 6.07) is 22.6. The minimum atomic E-state index is 0. The molecule has 0 N–H and O–H groups in total. The Kier molecular flexibility index (Phi) is 14.0. The Hall–Kier alpha value is -1.12. The highest BCUT2D eigenvalue weighted by molar-refractivity contribution is 5.22. The van der Waals surface area contributed by atoms with Crippen LogP contribution in [0.2, 0.25) is 0 Å². The molecule has 1 atom stereocenters. The summed E-state index contributed by atoms with van der Waals surface area (Å²) in [5.74, 6) is 0. The van der Waals surface area contributed by atoms with Crippen LogP contribution in [0.25, 0.3) is 0 Å². The summed E-state index contributed by atoms with van der Waals surface area (Å²) in [7, 11) is 4.85. The van der Waals surface area contributed by atoms with Gasteiger partial charge in [0.25, 0.3) is 0 Å². The van der Waals surface area contributed by atoms with Crippen molar-refractivity contribution in [2.75, 3.05) is 20.6 Å². The van der Waals surface area contributed by atoms with E-state index in [1.807, 2.05) is 0 Å². The van der Waals surface area contributed by atoms with Gasteiger partial charge in [0.05, 0.1) is 20.6 Å². The van der Waals surface area contributed by atoms with Crippen LogP contribution in [-0.4, -0.2) is 25.1 Å². The average Bonchev–Trinajstić information content (AvgIpc) is 2.74. The van der Waals surface area contributed by atoms with Gasteiger partial charge in [-0.3, -0.25) is 0 Å². The normalized spacial score (nSPS) is 12.4. The fourth-order valence-electron chi connectivity index (χ4n) is 4.44. The molecule has 168 valence electrons. The molecule has 0 fully saturated rings. The van der Waals surface area contributed by atoms with E-state index in [2.05, 4.69) is 81.7 Å². The maximum Gasteiger partial charge on any atom is 0.118 e. The largest absolute Gasteiger partial charge is 1.00 e. The quantitative estimate of drug-likeness (QED) is 0.253. The lowest BCUT2D eigenvalue weighted by atomic mass is 9.95. The zero-order valence-corrected chi connectivity index (χ0v) is 21.2. The lowest BCUT2D eigenvalue weighted by Crippen LogP contribution is -3.00. The molecule has 1 nitrogen and oxygen atoms in total. The fourth-order valence-corrected chi connectivity index (χ4v) is 4.44. The molecule has 0 aliphatic carbocycles. The van der Waals surface area contributed by atoms with E-state index in [9.17, 15) is 0 Å². The van der Waals surface area contributed by atoms with Crippen molar-refractivity contribution in [3.8, 4) is 0 Å². The topological polar surface area (TPSA) is 0 Å². The summed E-state index contributed by atoms with van der Waals surface area (Å²) in [6.45, 7) is 3.55. The Balaban J connectivity index is 0.00000450. The zero-order valence-electron chi connectivity index (χ0n) is 19.7. The maximum absolute atomic E-state index is 2.42. The molecule has 1 unspecified atom stereocenters. The van der Waals surface area contributed by atoms with Crippen molar-refractivity contribution in [3.05, 3.63) is 71.8 Å². The van der Waals surface area contributed by atoms with Crippen LogP contribution in [0.4, 0.5) is 0 Å². The van der Waals surface area contributed by atoms with Crippen molar-refractivity contribution in [1.82, 2.24) is 0 Å². The molecule has 0 spiro atoms. The molecule has 0 bridgehead atoms. The average molecular weight is 475 g/mol. The van der Waals surface area contributed by atoms with Crippen LogP contribution in [0.5, 0.6) is 0 Å². The number of rotatable bonds is 15. The van der Waals surface area contributed by atoms with Gasteiger partial charge in [0.15, 0.2) is 0 Å². The molecule has 2 aromatic carbocycles. The number of benzene rings is 2. The second-order valence-electron chi connectivity index (χ2n) is 9.30. The lowest BCUT2D eigenvalue weighted by molar-refractivity contribution is -0.921. The second kappa shape index (κ2) is 15.6. The Labute approximate surface area is 197 Å². The van der Waals surface area contributed by atoms with E-state index in [0.29, 0.717) is 6.04 Å². The Morgan fingerprint density at radius 3 is 1.63 bits per heavy atom. The molecule has 2 aromatic rings. The first kappa shape index (κ1) is 26.9. The van der Waals surface area contributed by atoms with Crippen molar-refractivity contribution in [1.29, 1.82) is 0 Å². The number of halogens is 1.